The molecule has 0 spiro atoms. The van der Waals surface area contributed by atoms with Crippen LogP contribution in [-0.2, 0) is 11.2 Å². The molecule has 1 aromatic rings. The molecule has 0 aliphatic rings. The van der Waals surface area contributed by atoms with Gasteiger partial charge in [0.15, 0.2) is 0 Å². The molecule has 0 aliphatic carbocycles. The van der Waals surface area contributed by atoms with E-state index in [1.165, 1.54) is 12.1 Å². The largest absolute Gasteiger partial charge is 0.573 e. The van der Waals surface area contributed by atoms with Crippen molar-refractivity contribution < 1.29 is 32.5 Å². The lowest BCUT2D eigenvalue weighted by molar-refractivity contribution is -0.274. The third-order valence-corrected chi connectivity index (χ3v) is 2.18. The van der Waals surface area contributed by atoms with Crippen LogP contribution in [0.25, 0.3) is 0 Å². The molecule has 106 valence electrons. The lowest BCUT2D eigenvalue weighted by Crippen LogP contribution is -2.18. The molecule has 7 heteroatoms. The monoisotopic (exact) mass is 278 g/mol. The van der Waals surface area contributed by atoms with Crippen LogP contribution in [-0.4, -0.2) is 24.0 Å². The number of carboxylic acids is 1. The first kappa shape index (κ1) is 15.1. The number of aliphatic carboxylic acids is 1. The second kappa shape index (κ2) is 6.31. The predicted molar refractivity (Wildman–Crippen MR) is 60.3 cm³/mol. The molecule has 0 fully saturated rings. The highest BCUT2D eigenvalue weighted by Crippen LogP contribution is 2.31. The molecule has 0 bridgehead atoms. The molecule has 0 saturated carbocycles. The molecule has 0 aliphatic heterocycles. The van der Waals surface area contributed by atoms with Gasteiger partial charge in [0.05, 0.1) is 6.61 Å². The summed E-state index contributed by atoms with van der Waals surface area (Å²) >= 11 is 0. The van der Waals surface area contributed by atoms with E-state index in [1.807, 2.05) is 0 Å². The number of benzene rings is 1. The minimum atomic E-state index is -4.83. The van der Waals surface area contributed by atoms with E-state index < -0.39 is 18.1 Å². The van der Waals surface area contributed by atoms with E-state index in [0.29, 0.717) is 6.61 Å². The average Bonchev–Trinajstić information content (AvgIpc) is 2.26. The second-order valence-electron chi connectivity index (χ2n) is 3.64. The zero-order chi connectivity index (χ0) is 14.5. The van der Waals surface area contributed by atoms with Gasteiger partial charge < -0.3 is 14.6 Å². The Morgan fingerprint density at radius 2 is 2.05 bits per heavy atom. The predicted octanol–water partition coefficient (Wildman–Crippen LogP) is 3.00. The lowest BCUT2D eigenvalue weighted by atomic mass is 10.1. The Kier molecular flexibility index (Phi) is 5.02. The maximum Gasteiger partial charge on any atom is 0.573 e. The lowest BCUT2D eigenvalue weighted by Gasteiger charge is -2.14. The van der Waals surface area contributed by atoms with Crippen LogP contribution in [0, 0.1) is 0 Å². The Hall–Kier alpha value is -1.92. The molecule has 1 aromatic carbocycles. The smallest absolute Gasteiger partial charge is 0.494 e. The zero-order valence-electron chi connectivity index (χ0n) is 10.2. The van der Waals surface area contributed by atoms with Crippen LogP contribution in [0.2, 0.25) is 0 Å². The summed E-state index contributed by atoms with van der Waals surface area (Å²) in [6.07, 6.45) is -5.15. The molecule has 0 radical (unpaired) electrons. The molecule has 0 saturated heterocycles. The number of ether oxygens (including phenoxy) is 2. The van der Waals surface area contributed by atoms with Crippen molar-refractivity contribution in [2.45, 2.75) is 26.1 Å². The molecule has 0 atom stereocenters. The number of hydrogen-bond acceptors (Lipinski definition) is 3. The first-order valence-electron chi connectivity index (χ1n) is 5.55. The van der Waals surface area contributed by atoms with Gasteiger partial charge in [-0.05, 0) is 25.0 Å². The van der Waals surface area contributed by atoms with Gasteiger partial charge in [-0.2, -0.15) is 0 Å². The molecule has 0 amide bonds. The molecular formula is C12H13F3O4. The topological polar surface area (TPSA) is 55.8 Å². The highest BCUT2D eigenvalue weighted by atomic mass is 19.4. The minimum absolute atomic E-state index is 0.0485. The molecule has 19 heavy (non-hydrogen) atoms. The molecule has 1 N–H and O–H groups in total. The molecule has 0 heterocycles. The van der Waals surface area contributed by atoms with Crippen molar-refractivity contribution in [3.63, 3.8) is 0 Å². The van der Waals surface area contributed by atoms with Gasteiger partial charge in [0, 0.05) is 12.5 Å². The summed E-state index contributed by atoms with van der Waals surface area (Å²) in [6.45, 7) is 2.00. The van der Waals surface area contributed by atoms with E-state index in [9.17, 15) is 18.0 Å². The van der Waals surface area contributed by atoms with Crippen molar-refractivity contribution in [1.82, 2.24) is 0 Å². The van der Waals surface area contributed by atoms with E-state index in [0.717, 1.165) is 6.07 Å². The van der Waals surface area contributed by atoms with Crippen LogP contribution in [0.3, 0.4) is 0 Å². The van der Waals surface area contributed by atoms with E-state index in [-0.39, 0.29) is 24.2 Å². The van der Waals surface area contributed by atoms with Gasteiger partial charge in [0.2, 0.25) is 0 Å². The van der Waals surface area contributed by atoms with Crippen LogP contribution in [0.1, 0.15) is 18.9 Å². The standard InChI is InChI=1S/C12H13F3O4/c1-2-18-9-5-3-8(4-6-11(16)17)10(7-9)19-12(13,14)15/h3,5,7H,2,4,6H2,1H3,(H,16,17). The molecule has 0 unspecified atom stereocenters. The summed E-state index contributed by atoms with van der Waals surface area (Å²) in [5.41, 5.74) is 0.170. The Balaban J connectivity index is 2.96. The Labute approximate surface area is 107 Å². The number of alkyl halides is 3. The van der Waals surface area contributed by atoms with Crippen LogP contribution in [0.4, 0.5) is 13.2 Å². The third kappa shape index (κ3) is 5.50. The summed E-state index contributed by atoms with van der Waals surface area (Å²) in [6, 6.07) is 3.95. The van der Waals surface area contributed by atoms with Gasteiger partial charge in [-0.1, -0.05) is 6.07 Å². The maximum atomic E-state index is 12.3. The van der Waals surface area contributed by atoms with Gasteiger partial charge in [-0.3, -0.25) is 4.79 Å². The summed E-state index contributed by atoms with van der Waals surface area (Å²) in [4.78, 5) is 10.5. The van der Waals surface area contributed by atoms with E-state index >= 15 is 0 Å². The van der Waals surface area contributed by atoms with Gasteiger partial charge in [-0.15, -0.1) is 13.2 Å². The summed E-state index contributed by atoms with van der Waals surface area (Å²) in [7, 11) is 0. The second-order valence-corrected chi connectivity index (χ2v) is 3.64. The maximum absolute atomic E-state index is 12.3. The fraction of sp³-hybridized carbons (Fsp3) is 0.417. The van der Waals surface area contributed by atoms with Gasteiger partial charge >= 0.3 is 12.3 Å². The third-order valence-electron chi connectivity index (χ3n) is 2.18. The zero-order valence-corrected chi connectivity index (χ0v) is 10.2. The Bertz CT molecular complexity index is 443. The first-order chi connectivity index (χ1) is 8.81. The number of carbonyl (C=O) groups is 1. The van der Waals surface area contributed by atoms with Crippen LogP contribution >= 0.6 is 0 Å². The Morgan fingerprint density at radius 3 is 2.58 bits per heavy atom. The van der Waals surface area contributed by atoms with E-state index in [2.05, 4.69) is 4.74 Å². The number of aryl methyl sites for hydroxylation is 1. The van der Waals surface area contributed by atoms with Gasteiger partial charge in [-0.25, -0.2) is 0 Å². The fourth-order valence-corrected chi connectivity index (χ4v) is 1.46. The van der Waals surface area contributed by atoms with Crippen molar-refractivity contribution in [2.24, 2.45) is 0 Å². The fourth-order valence-electron chi connectivity index (χ4n) is 1.46. The van der Waals surface area contributed by atoms with Gasteiger partial charge in [0.25, 0.3) is 0 Å². The minimum Gasteiger partial charge on any atom is -0.494 e. The van der Waals surface area contributed by atoms with Gasteiger partial charge in [0.1, 0.15) is 11.5 Å². The number of rotatable bonds is 6. The molecular weight excluding hydrogens is 265 g/mol. The average molecular weight is 278 g/mol. The SMILES string of the molecule is CCOc1ccc(CCC(=O)O)c(OC(F)(F)F)c1. The van der Waals surface area contributed by atoms with Crippen molar-refractivity contribution in [3.8, 4) is 11.5 Å². The normalized spacial score (nSPS) is 11.2. The van der Waals surface area contributed by atoms with Crippen LogP contribution in [0.15, 0.2) is 18.2 Å². The molecule has 1 rings (SSSR count). The van der Waals surface area contributed by atoms with Crippen molar-refractivity contribution >= 4 is 5.97 Å². The first-order valence-corrected chi connectivity index (χ1v) is 5.55. The van der Waals surface area contributed by atoms with E-state index in [4.69, 9.17) is 9.84 Å². The summed E-state index contributed by atoms with van der Waals surface area (Å²) in [5, 5.41) is 8.55. The number of halogens is 3. The van der Waals surface area contributed by atoms with Crippen molar-refractivity contribution in [1.29, 1.82) is 0 Å². The van der Waals surface area contributed by atoms with Crippen LogP contribution < -0.4 is 9.47 Å². The Morgan fingerprint density at radius 1 is 1.37 bits per heavy atom. The van der Waals surface area contributed by atoms with E-state index in [1.54, 1.807) is 6.92 Å². The number of hydrogen-bond donors (Lipinski definition) is 1. The van der Waals surface area contributed by atoms with Crippen molar-refractivity contribution in [3.05, 3.63) is 23.8 Å². The highest BCUT2D eigenvalue weighted by Gasteiger charge is 2.32. The summed E-state index contributed by atoms with van der Waals surface area (Å²) in [5.74, 6) is -1.28. The molecule has 4 nitrogen and oxygen atoms in total. The van der Waals surface area contributed by atoms with Crippen LogP contribution in [0.5, 0.6) is 11.5 Å². The number of carboxylic acid groups (broad SMARTS) is 1. The highest BCUT2D eigenvalue weighted by molar-refractivity contribution is 5.67. The quantitative estimate of drug-likeness (QED) is 0.869. The van der Waals surface area contributed by atoms with Crippen molar-refractivity contribution in [2.75, 3.05) is 6.61 Å². The summed E-state index contributed by atoms with van der Waals surface area (Å²) < 4.78 is 45.7. The molecule has 0 aromatic heterocycles.